The van der Waals surface area contributed by atoms with E-state index in [2.05, 4.69) is 5.32 Å². The predicted octanol–water partition coefficient (Wildman–Crippen LogP) is 4.26. The second kappa shape index (κ2) is 10.6. The summed E-state index contributed by atoms with van der Waals surface area (Å²) in [6.45, 7) is 4.65. The third-order valence-corrected chi connectivity index (χ3v) is 7.66. The Labute approximate surface area is 231 Å². The molecule has 2 fully saturated rings. The number of nitrogens with zero attached hydrogens (tertiary/aromatic N) is 4. The van der Waals surface area contributed by atoms with Gasteiger partial charge in [0.1, 0.15) is 17.2 Å². The van der Waals surface area contributed by atoms with E-state index in [1.54, 1.807) is 61.0 Å². The van der Waals surface area contributed by atoms with Crippen LogP contribution in [0.25, 0.3) is 0 Å². The van der Waals surface area contributed by atoms with Gasteiger partial charge in [0.2, 0.25) is 6.41 Å². The molecule has 0 atom stereocenters. The quantitative estimate of drug-likeness (QED) is 0.427. The highest BCUT2D eigenvalue weighted by molar-refractivity contribution is 6.09. The number of rotatable bonds is 8. The van der Waals surface area contributed by atoms with Gasteiger partial charge in [-0.1, -0.05) is 12.1 Å². The van der Waals surface area contributed by atoms with Crippen LogP contribution < -0.4 is 15.8 Å². The SMILES string of the molecule is Cc1ccc(Nc2c(C(=O)N(C)C3CC3)c(N(C=O)c3cccc(C(=O)N4CCC4)c3)c(C)c(=O)n2C)c(F)c1. The minimum absolute atomic E-state index is 0.0315. The van der Waals surface area contributed by atoms with E-state index >= 15 is 0 Å². The molecule has 1 N–H and O–H groups in total. The lowest BCUT2D eigenvalue weighted by Crippen LogP contribution is -2.42. The lowest BCUT2D eigenvalue weighted by molar-refractivity contribution is -0.106. The molecule has 3 amide bonds. The van der Waals surface area contributed by atoms with Gasteiger partial charge in [0.05, 0.1) is 11.4 Å². The van der Waals surface area contributed by atoms with Crippen LogP contribution in [0.2, 0.25) is 0 Å². The van der Waals surface area contributed by atoms with Crippen molar-refractivity contribution < 1.29 is 18.8 Å². The topological polar surface area (TPSA) is 95.0 Å². The van der Waals surface area contributed by atoms with Crippen LogP contribution in [0.15, 0.2) is 47.3 Å². The van der Waals surface area contributed by atoms with Crippen molar-refractivity contribution in [1.82, 2.24) is 14.4 Å². The molecule has 10 heteroatoms. The average molecular weight is 546 g/mol. The highest BCUT2D eigenvalue weighted by atomic mass is 19.1. The maximum Gasteiger partial charge on any atom is 0.259 e. The highest BCUT2D eigenvalue weighted by Crippen LogP contribution is 2.38. The summed E-state index contributed by atoms with van der Waals surface area (Å²) in [5.41, 5.74) is 1.36. The number of carbonyl (C=O) groups excluding carboxylic acids is 3. The summed E-state index contributed by atoms with van der Waals surface area (Å²) in [5, 5.41) is 2.97. The minimum atomic E-state index is -0.548. The van der Waals surface area contributed by atoms with Gasteiger partial charge in [-0.05, 0) is 69.0 Å². The molecule has 1 aromatic heterocycles. The summed E-state index contributed by atoms with van der Waals surface area (Å²) < 4.78 is 16.2. The monoisotopic (exact) mass is 545 g/mol. The Hall–Kier alpha value is -4.47. The zero-order valence-electron chi connectivity index (χ0n) is 23.0. The fraction of sp³-hybridized carbons (Fsp3) is 0.333. The number of hydrogen-bond acceptors (Lipinski definition) is 5. The predicted molar refractivity (Wildman–Crippen MR) is 151 cm³/mol. The van der Waals surface area contributed by atoms with Gasteiger partial charge < -0.3 is 15.1 Å². The van der Waals surface area contributed by atoms with Crippen molar-refractivity contribution in [2.45, 2.75) is 39.2 Å². The zero-order valence-corrected chi connectivity index (χ0v) is 23.0. The first-order valence-electron chi connectivity index (χ1n) is 13.3. The summed E-state index contributed by atoms with van der Waals surface area (Å²) in [4.78, 5) is 57.7. The van der Waals surface area contributed by atoms with E-state index in [0.717, 1.165) is 19.3 Å². The molecule has 0 bridgehead atoms. The molecule has 2 heterocycles. The Bertz CT molecular complexity index is 1570. The van der Waals surface area contributed by atoms with Gasteiger partial charge in [-0.3, -0.25) is 28.6 Å². The summed E-state index contributed by atoms with van der Waals surface area (Å²) >= 11 is 0. The number of anilines is 4. The van der Waals surface area contributed by atoms with E-state index in [9.17, 15) is 23.6 Å². The second-order valence-electron chi connectivity index (χ2n) is 10.5. The van der Waals surface area contributed by atoms with Gasteiger partial charge >= 0.3 is 0 Å². The molecule has 208 valence electrons. The molecule has 2 aromatic carbocycles. The number of carbonyl (C=O) groups is 3. The maximum absolute atomic E-state index is 14.9. The number of aryl methyl sites for hydroxylation is 1. The van der Waals surface area contributed by atoms with E-state index in [1.807, 2.05) is 0 Å². The first-order valence-corrected chi connectivity index (χ1v) is 13.3. The van der Waals surface area contributed by atoms with Gasteiger partial charge in [-0.15, -0.1) is 0 Å². The average Bonchev–Trinajstić information content (AvgIpc) is 3.75. The number of hydrogen-bond donors (Lipinski definition) is 1. The Morgan fingerprint density at radius 3 is 2.42 bits per heavy atom. The minimum Gasteiger partial charge on any atom is -0.339 e. The Balaban J connectivity index is 1.71. The van der Waals surface area contributed by atoms with Crippen LogP contribution in [0.5, 0.6) is 0 Å². The van der Waals surface area contributed by atoms with Crippen LogP contribution in [-0.2, 0) is 11.8 Å². The molecule has 3 aromatic rings. The van der Waals surface area contributed by atoms with Crippen molar-refractivity contribution in [2.24, 2.45) is 7.05 Å². The lowest BCUT2D eigenvalue weighted by Gasteiger charge is -2.31. The zero-order chi connectivity index (χ0) is 28.7. The molecular formula is C30H32FN5O4. The number of likely N-dealkylation sites (tertiary alicyclic amines) is 1. The van der Waals surface area contributed by atoms with Gasteiger partial charge in [0.25, 0.3) is 17.4 Å². The van der Waals surface area contributed by atoms with E-state index in [4.69, 9.17) is 0 Å². The van der Waals surface area contributed by atoms with E-state index in [1.165, 1.54) is 28.6 Å². The van der Waals surface area contributed by atoms with Crippen molar-refractivity contribution in [3.63, 3.8) is 0 Å². The summed E-state index contributed by atoms with van der Waals surface area (Å²) in [6, 6.07) is 11.2. The van der Waals surface area contributed by atoms with Crippen molar-refractivity contribution in [3.8, 4) is 0 Å². The first-order chi connectivity index (χ1) is 19.1. The molecule has 0 spiro atoms. The smallest absolute Gasteiger partial charge is 0.259 e. The van der Waals surface area contributed by atoms with Crippen molar-refractivity contribution in [3.05, 3.63) is 80.9 Å². The number of nitrogens with one attached hydrogen (secondary N) is 1. The molecule has 5 rings (SSSR count). The number of amides is 3. The molecule has 1 aliphatic heterocycles. The van der Waals surface area contributed by atoms with Gasteiger partial charge in [-0.2, -0.15) is 0 Å². The molecule has 1 saturated carbocycles. The van der Waals surface area contributed by atoms with E-state index < -0.39 is 17.3 Å². The van der Waals surface area contributed by atoms with Crippen molar-refractivity contribution in [1.29, 1.82) is 0 Å². The van der Waals surface area contributed by atoms with Crippen molar-refractivity contribution >= 4 is 41.1 Å². The Morgan fingerprint density at radius 1 is 1.10 bits per heavy atom. The number of halogens is 1. The maximum atomic E-state index is 14.9. The lowest BCUT2D eigenvalue weighted by atomic mass is 10.0. The largest absolute Gasteiger partial charge is 0.339 e. The molecular weight excluding hydrogens is 513 g/mol. The van der Waals surface area contributed by atoms with Crippen LogP contribution in [0.4, 0.5) is 27.3 Å². The third-order valence-electron chi connectivity index (χ3n) is 7.66. The molecule has 1 aliphatic carbocycles. The molecule has 0 radical (unpaired) electrons. The van der Waals surface area contributed by atoms with Gasteiger partial charge in [0.15, 0.2) is 0 Å². The normalized spacial score (nSPS) is 14.4. The van der Waals surface area contributed by atoms with Crippen LogP contribution in [0.1, 0.15) is 51.1 Å². The van der Waals surface area contributed by atoms with Crippen LogP contribution in [0.3, 0.4) is 0 Å². The van der Waals surface area contributed by atoms with Gasteiger partial charge in [-0.25, -0.2) is 4.39 Å². The second-order valence-corrected chi connectivity index (χ2v) is 10.5. The van der Waals surface area contributed by atoms with Crippen LogP contribution >= 0.6 is 0 Å². The number of aromatic nitrogens is 1. The molecule has 1 saturated heterocycles. The van der Waals surface area contributed by atoms with Crippen LogP contribution in [-0.4, -0.2) is 58.8 Å². The summed E-state index contributed by atoms with van der Waals surface area (Å²) in [6.07, 6.45) is 3.15. The Morgan fingerprint density at radius 2 is 1.82 bits per heavy atom. The molecule has 40 heavy (non-hydrogen) atoms. The van der Waals surface area contributed by atoms with Gasteiger partial charge in [0, 0.05) is 50.0 Å². The Kier molecular flexibility index (Phi) is 7.18. The summed E-state index contributed by atoms with van der Waals surface area (Å²) in [7, 11) is 3.18. The first kappa shape index (κ1) is 27.1. The molecule has 9 nitrogen and oxygen atoms in total. The fourth-order valence-electron chi connectivity index (χ4n) is 4.96. The van der Waals surface area contributed by atoms with E-state index in [-0.39, 0.29) is 40.3 Å². The standard InChI is InChI=1S/C30H32FN5O4/c1-18-9-12-24(23(31)15-18)32-27-25(30(40)33(3)21-10-11-21)26(19(2)28(38)34(27)4)36(17-37)22-8-5-7-20(16-22)29(39)35-13-6-14-35/h5,7-9,12,15-17,21,32H,6,10-11,13-14H2,1-4H3. The molecule has 0 unspecified atom stereocenters. The third kappa shape index (κ3) is 4.85. The fourth-order valence-corrected chi connectivity index (χ4v) is 4.96. The van der Waals surface area contributed by atoms with E-state index in [0.29, 0.717) is 36.3 Å². The van der Waals surface area contributed by atoms with Crippen LogP contribution in [0, 0.1) is 19.7 Å². The molecule has 2 aliphatic rings. The van der Waals surface area contributed by atoms with Crippen molar-refractivity contribution in [2.75, 3.05) is 30.4 Å². The summed E-state index contributed by atoms with van der Waals surface area (Å²) in [5.74, 6) is -1.05. The number of benzene rings is 2. The highest BCUT2D eigenvalue weighted by Gasteiger charge is 2.36. The number of pyridine rings is 1.